The number of hydrogen-bond acceptors (Lipinski definition) is 4. The highest BCUT2D eigenvalue weighted by Gasteiger charge is 2.34. The first-order chi connectivity index (χ1) is 11.9. The van der Waals surface area contributed by atoms with E-state index in [0.717, 1.165) is 10.5 Å². The molecular weight excluding hydrogens is 318 g/mol. The van der Waals surface area contributed by atoms with Gasteiger partial charge < -0.3 is 19.5 Å². The molecule has 0 radical (unpaired) electrons. The second-order valence-corrected chi connectivity index (χ2v) is 6.46. The fraction of sp³-hybridized carbons (Fsp3) is 0.250. The summed E-state index contributed by atoms with van der Waals surface area (Å²) in [6.07, 6.45) is 1.68. The number of allylic oxidation sites excluding steroid dienone is 1. The third-order valence-corrected chi connectivity index (χ3v) is 4.18. The average Bonchev–Trinajstić information content (AvgIpc) is 2.89. The number of Topliss-reactive ketones (excluding diaryl/α,β-unsaturated/α-hetero) is 1. The molecule has 1 aliphatic rings. The molecule has 5 nitrogen and oxygen atoms in total. The molecule has 25 heavy (non-hydrogen) atoms. The van der Waals surface area contributed by atoms with Crippen molar-refractivity contribution in [2.24, 2.45) is 0 Å². The minimum Gasteiger partial charge on any atom is -0.507 e. The van der Waals surface area contributed by atoms with Gasteiger partial charge in [-0.05, 0) is 30.7 Å². The number of para-hydroxylation sites is 1. The molecular formula is C20H22NO4+. The number of methoxy groups -OCH3 is 1. The van der Waals surface area contributed by atoms with Crippen LogP contribution in [0.1, 0.15) is 27.0 Å². The minimum absolute atomic E-state index is 0.156. The standard InChI is InChI=1S/C20H21NO4/c1-12-9-15(22)14(11-21(2)3)20-18(12)19(23)17(25-20)10-13-7-5-6-8-16(13)24-4/h5-10,22H,11H2,1-4H3/p+1/b17-10-. The molecule has 130 valence electrons. The predicted octanol–water partition coefficient (Wildman–Crippen LogP) is 1.97. The Morgan fingerprint density at radius 1 is 1.28 bits per heavy atom. The van der Waals surface area contributed by atoms with Crippen molar-refractivity contribution >= 4 is 11.9 Å². The lowest BCUT2D eigenvalue weighted by Crippen LogP contribution is -3.04. The quantitative estimate of drug-likeness (QED) is 0.836. The molecule has 5 heteroatoms. The highest BCUT2D eigenvalue weighted by atomic mass is 16.5. The molecule has 0 aliphatic carbocycles. The van der Waals surface area contributed by atoms with E-state index in [-0.39, 0.29) is 17.3 Å². The smallest absolute Gasteiger partial charge is 0.232 e. The van der Waals surface area contributed by atoms with Crippen LogP contribution < -0.4 is 14.4 Å². The molecule has 0 spiro atoms. The molecule has 0 bridgehead atoms. The van der Waals surface area contributed by atoms with Gasteiger partial charge in [-0.2, -0.15) is 0 Å². The minimum atomic E-state index is -0.173. The summed E-state index contributed by atoms with van der Waals surface area (Å²) in [4.78, 5) is 14.0. The first-order valence-corrected chi connectivity index (χ1v) is 8.14. The van der Waals surface area contributed by atoms with E-state index in [1.807, 2.05) is 38.4 Å². The number of hydrogen-bond donors (Lipinski definition) is 2. The van der Waals surface area contributed by atoms with Crippen LogP contribution in [0.15, 0.2) is 36.1 Å². The Labute approximate surface area is 147 Å². The van der Waals surface area contributed by atoms with E-state index >= 15 is 0 Å². The van der Waals surface area contributed by atoms with E-state index in [1.165, 1.54) is 0 Å². The number of nitrogens with one attached hydrogen (secondary N) is 1. The van der Waals surface area contributed by atoms with Gasteiger partial charge in [-0.25, -0.2) is 0 Å². The van der Waals surface area contributed by atoms with Gasteiger partial charge >= 0.3 is 0 Å². The number of fused-ring (bicyclic) bond motifs is 1. The zero-order valence-corrected chi connectivity index (χ0v) is 14.8. The van der Waals surface area contributed by atoms with Crippen molar-refractivity contribution in [1.29, 1.82) is 0 Å². The third kappa shape index (κ3) is 3.10. The Morgan fingerprint density at radius 2 is 2.00 bits per heavy atom. The van der Waals surface area contributed by atoms with Crippen LogP contribution in [0.2, 0.25) is 0 Å². The van der Waals surface area contributed by atoms with Gasteiger partial charge in [0.05, 0.1) is 32.3 Å². The Morgan fingerprint density at radius 3 is 2.68 bits per heavy atom. The van der Waals surface area contributed by atoms with Crippen molar-refractivity contribution < 1.29 is 24.3 Å². The van der Waals surface area contributed by atoms with E-state index in [9.17, 15) is 9.90 Å². The monoisotopic (exact) mass is 340 g/mol. The third-order valence-electron chi connectivity index (χ3n) is 4.18. The lowest BCUT2D eigenvalue weighted by molar-refractivity contribution is -0.872. The van der Waals surface area contributed by atoms with Gasteiger partial charge in [0, 0.05) is 5.56 Å². The van der Waals surface area contributed by atoms with Crippen LogP contribution in [0.25, 0.3) is 6.08 Å². The fourth-order valence-corrected chi connectivity index (χ4v) is 3.03. The van der Waals surface area contributed by atoms with Gasteiger partial charge in [0.2, 0.25) is 5.78 Å². The van der Waals surface area contributed by atoms with E-state index in [2.05, 4.69) is 0 Å². The number of carbonyl (C=O) groups excluding carboxylic acids is 1. The number of benzene rings is 2. The van der Waals surface area contributed by atoms with Crippen molar-refractivity contribution in [3.05, 3.63) is 58.3 Å². The summed E-state index contributed by atoms with van der Waals surface area (Å²) in [7, 11) is 5.55. The molecule has 0 atom stereocenters. The summed E-state index contributed by atoms with van der Waals surface area (Å²) >= 11 is 0. The lowest BCUT2D eigenvalue weighted by Gasteiger charge is -2.13. The van der Waals surface area contributed by atoms with E-state index in [4.69, 9.17) is 9.47 Å². The zero-order chi connectivity index (χ0) is 18.1. The van der Waals surface area contributed by atoms with Crippen molar-refractivity contribution in [2.75, 3.05) is 21.2 Å². The number of phenols is 1. The van der Waals surface area contributed by atoms with Crippen LogP contribution in [-0.2, 0) is 6.54 Å². The number of ether oxygens (including phenoxy) is 2. The fourth-order valence-electron chi connectivity index (χ4n) is 3.03. The highest BCUT2D eigenvalue weighted by molar-refractivity contribution is 6.16. The van der Waals surface area contributed by atoms with Gasteiger partial charge in [0.15, 0.2) is 11.5 Å². The van der Waals surface area contributed by atoms with Crippen LogP contribution in [0.3, 0.4) is 0 Å². The zero-order valence-electron chi connectivity index (χ0n) is 14.8. The van der Waals surface area contributed by atoms with Crippen LogP contribution in [0.5, 0.6) is 17.2 Å². The lowest BCUT2D eigenvalue weighted by atomic mass is 9.99. The Bertz CT molecular complexity index is 868. The maximum atomic E-state index is 12.8. The molecule has 1 aliphatic heterocycles. The Hall–Kier alpha value is -2.79. The Balaban J connectivity index is 2.09. The average molecular weight is 340 g/mol. The molecule has 2 aromatic carbocycles. The Kier molecular flexibility index (Phi) is 4.51. The summed E-state index contributed by atoms with van der Waals surface area (Å²) < 4.78 is 11.2. The van der Waals surface area contributed by atoms with Crippen LogP contribution in [0, 0.1) is 6.92 Å². The summed E-state index contributed by atoms with van der Waals surface area (Å²) in [6.45, 7) is 2.36. The largest absolute Gasteiger partial charge is 0.507 e. The summed E-state index contributed by atoms with van der Waals surface area (Å²) in [6, 6.07) is 9.06. The number of aryl methyl sites for hydroxylation is 1. The highest BCUT2D eigenvalue weighted by Crippen LogP contribution is 2.41. The van der Waals surface area contributed by atoms with Gasteiger partial charge in [0.25, 0.3) is 0 Å². The van der Waals surface area contributed by atoms with E-state index in [0.29, 0.717) is 34.7 Å². The first-order valence-electron chi connectivity index (χ1n) is 8.14. The number of carbonyl (C=O) groups is 1. The summed E-state index contributed by atoms with van der Waals surface area (Å²) in [5, 5.41) is 10.3. The molecule has 2 N–H and O–H groups in total. The van der Waals surface area contributed by atoms with Crippen LogP contribution in [0.4, 0.5) is 0 Å². The van der Waals surface area contributed by atoms with Crippen molar-refractivity contribution in [2.45, 2.75) is 13.5 Å². The number of rotatable bonds is 4. The van der Waals surface area contributed by atoms with Gasteiger partial charge in [-0.3, -0.25) is 4.79 Å². The second-order valence-electron chi connectivity index (χ2n) is 6.46. The topological polar surface area (TPSA) is 60.2 Å². The van der Waals surface area contributed by atoms with Crippen LogP contribution >= 0.6 is 0 Å². The van der Waals surface area contributed by atoms with Gasteiger partial charge in [-0.15, -0.1) is 0 Å². The molecule has 0 amide bonds. The molecule has 1 heterocycles. The number of quaternary nitrogens is 1. The normalized spacial score (nSPS) is 14.8. The molecule has 0 saturated heterocycles. The van der Waals surface area contributed by atoms with E-state index in [1.54, 1.807) is 26.2 Å². The van der Waals surface area contributed by atoms with Gasteiger partial charge in [-0.1, -0.05) is 18.2 Å². The number of ketones is 1. The van der Waals surface area contributed by atoms with Crippen molar-refractivity contribution in [1.82, 2.24) is 0 Å². The summed E-state index contributed by atoms with van der Waals surface area (Å²) in [5.74, 6) is 1.35. The van der Waals surface area contributed by atoms with Crippen molar-refractivity contribution in [3.63, 3.8) is 0 Å². The number of aromatic hydroxyl groups is 1. The van der Waals surface area contributed by atoms with Crippen molar-refractivity contribution in [3.8, 4) is 17.2 Å². The van der Waals surface area contributed by atoms with Crippen LogP contribution in [-0.4, -0.2) is 32.1 Å². The molecule has 0 unspecified atom stereocenters. The SMILES string of the molecule is COc1ccccc1/C=C1\Oc2c(C[NH+](C)C)c(O)cc(C)c2C1=O. The second kappa shape index (κ2) is 6.61. The first kappa shape index (κ1) is 17.0. The summed E-state index contributed by atoms with van der Waals surface area (Å²) in [5.41, 5.74) is 2.65. The predicted molar refractivity (Wildman–Crippen MR) is 95.3 cm³/mol. The number of phenolic OH excluding ortho intramolecular Hbond substituents is 1. The van der Waals surface area contributed by atoms with E-state index < -0.39 is 0 Å². The molecule has 0 saturated carbocycles. The maximum absolute atomic E-state index is 12.8. The van der Waals surface area contributed by atoms with Gasteiger partial charge in [0.1, 0.15) is 18.0 Å². The molecule has 0 aromatic heterocycles. The molecule has 3 rings (SSSR count). The molecule has 0 fully saturated rings. The molecule has 2 aromatic rings. The maximum Gasteiger partial charge on any atom is 0.232 e.